The summed E-state index contributed by atoms with van der Waals surface area (Å²) in [5.41, 5.74) is 1.59. The van der Waals surface area contributed by atoms with Crippen molar-refractivity contribution in [3.8, 4) is 0 Å². The molecule has 0 amide bonds. The van der Waals surface area contributed by atoms with Crippen LogP contribution in [-0.4, -0.2) is 22.4 Å². The minimum atomic E-state index is 0.179. The highest BCUT2D eigenvalue weighted by molar-refractivity contribution is 5.17. The number of hydrogen-bond donors (Lipinski definition) is 1. The second kappa shape index (κ2) is 6.95. The van der Waals surface area contributed by atoms with E-state index in [1.807, 2.05) is 6.20 Å². The summed E-state index contributed by atoms with van der Waals surface area (Å²) in [6.45, 7) is 13.8. The van der Waals surface area contributed by atoms with Gasteiger partial charge in [0.15, 0.2) is 0 Å². The maximum absolute atomic E-state index is 4.55. The Morgan fingerprint density at radius 2 is 2.10 bits per heavy atom. The predicted molar refractivity (Wildman–Crippen MR) is 89.5 cm³/mol. The predicted octanol–water partition coefficient (Wildman–Crippen LogP) is 3.99. The Morgan fingerprint density at radius 3 is 2.76 bits per heavy atom. The first-order chi connectivity index (χ1) is 10.0. The van der Waals surface area contributed by atoms with E-state index in [2.05, 4.69) is 55.8 Å². The lowest BCUT2D eigenvalue weighted by Crippen LogP contribution is -2.49. The van der Waals surface area contributed by atoms with Crippen LogP contribution in [0.25, 0.3) is 0 Å². The van der Waals surface area contributed by atoms with Crippen molar-refractivity contribution in [2.45, 2.75) is 78.3 Å². The molecule has 21 heavy (non-hydrogen) atoms. The Bertz CT molecular complexity index is 435. The van der Waals surface area contributed by atoms with Gasteiger partial charge in [0, 0.05) is 29.9 Å². The number of nitrogens with zero attached hydrogens (tertiary/aromatic N) is 2. The van der Waals surface area contributed by atoms with Crippen LogP contribution < -0.4 is 5.32 Å². The standard InChI is InChI=1S/C18H33N3/c1-6-12-21-17(10-11-20-21)18(4,5)15-9-8-14(3)13-16(15)19-7-2/h10-11,14-16,19H,6-9,12-13H2,1-5H3. The van der Waals surface area contributed by atoms with E-state index in [-0.39, 0.29) is 5.41 Å². The molecule has 3 unspecified atom stereocenters. The minimum absolute atomic E-state index is 0.179. The summed E-state index contributed by atoms with van der Waals surface area (Å²) in [6.07, 6.45) is 7.11. The molecule has 3 atom stereocenters. The van der Waals surface area contributed by atoms with Crippen LogP contribution in [0.5, 0.6) is 0 Å². The summed E-state index contributed by atoms with van der Waals surface area (Å²) in [5.74, 6) is 1.54. The summed E-state index contributed by atoms with van der Waals surface area (Å²) >= 11 is 0. The van der Waals surface area contributed by atoms with Crippen molar-refractivity contribution in [2.24, 2.45) is 11.8 Å². The van der Waals surface area contributed by atoms with Crippen molar-refractivity contribution in [1.82, 2.24) is 15.1 Å². The van der Waals surface area contributed by atoms with Crippen molar-refractivity contribution in [3.63, 3.8) is 0 Å². The van der Waals surface area contributed by atoms with E-state index in [0.717, 1.165) is 25.4 Å². The SMILES string of the molecule is CCCn1nccc1C(C)(C)C1CCC(C)CC1NCC. The third-order valence-corrected chi connectivity index (χ3v) is 5.32. The average molecular weight is 291 g/mol. The van der Waals surface area contributed by atoms with Gasteiger partial charge in [-0.1, -0.05) is 41.0 Å². The van der Waals surface area contributed by atoms with E-state index in [1.165, 1.54) is 25.0 Å². The van der Waals surface area contributed by atoms with Gasteiger partial charge < -0.3 is 5.32 Å². The molecule has 1 aromatic rings. The molecule has 0 bridgehead atoms. The molecule has 120 valence electrons. The summed E-state index contributed by atoms with van der Waals surface area (Å²) < 4.78 is 2.22. The molecular formula is C18H33N3. The lowest BCUT2D eigenvalue weighted by molar-refractivity contribution is 0.141. The van der Waals surface area contributed by atoms with Crippen LogP contribution in [0.4, 0.5) is 0 Å². The van der Waals surface area contributed by atoms with Gasteiger partial charge in [0.1, 0.15) is 0 Å². The first-order valence-electron chi connectivity index (χ1n) is 8.76. The van der Waals surface area contributed by atoms with Crippen molar-refractivity contribution in [1.29, 1.82) is 0 Å². The van der Waals surface area contributed by atoms with Crippen LogP contribution in [-0.2, 0) is 12.0 Å². The Balaban J connectivity index is 2.25. The normalized spacial score (nSPS) is 27.0. The summed E-state index contributed by atoms with van der Waals surface area (Å²) in [5, 5.41) is 8.30. The lowest BCUT2D eigenvalue weighted by atomic mass is 9.65. The first-order valence-corrected chi connectivity index (χ1v) is 8.76. The van der Waals surface area contributed by atoms with Gasteiger partial charge in [-0.15, -0.1) is 0 Å². The number of aryl methyl sites for hydroxylation is 1. The minimum Gasteiger partial charge on any atom is -0.314 e. The number of hydrogen-bond acceptors (Lipinski definition) is 2. The van der Waals surface area contributed by atoms with Gasteiger partial charge >= 0.3 is 0 Å². The fourth-order valence-electron chi connectivity index (χ4n) is 4.19. The molecule has 1 aromatic heterocycles. The zero-order valence-corrected chi connectivity index (χ0v) is 14.5. The van der Waals surface area contributed by atoms with E-state index < -0.39 is 0 Å². The number of rotatable bonds is 6. The van der Waals surface area contributed by atoms with Crippen molar-refractivity contribution in [2.75, 3.05) is 6.54 Å². The van der Waals surface area contributed by atoms with E-state index >= 15 is 0 Å². The molecule has 3 heteroatoms. The molecule has 1 aliphatic carbocycles. The van der Waals surface area contributed by atoms with Crippen molar-refractivity contribution in [3.05, 3.63) is 18.0 Å². The van der Waals surface area contributed by atoms with Crippen LogP contribution in [0.15, 0.2) is 12.3 Å². The maximum atomic E-state index is 4.55. The quantitative estimate of drug-likeness (QED) is 0.859. The van der Waals surface area contributed by atoms with E-state index in [4.69, 9.17) is 0 Å². The Kier molecular flexibility index (Phi) is 5.48. The molecular weight excluding hydrogens is 258 g/mol. The molecule has 0 radical (unpaired) electrons. The molecule has 3 nitrogen and oxygen atoms in total. The fourth-order valence-corrected chi connectivity index (χ4v) is 4.19. The van der Waals surface area contributed by atoms with Crippen molar-refractivity contribution < 1.29 is 0 Å². The molecule has 0 aromatic carbocycles. The molecule has 0 spiro atoms. The smallest absolute Gasteiger partial charge is 0.0492 e. The third-order valence-electron chi connectivity index (χ3n) is 5.32. The maximum Gasteiger partial charge on any atom is 0.0492 e. The Hall–Kier alpha value is -0.830. The average Bonchev–Trinajstić information content (AvgIpc) is 2.88. The lowest BCUT2D eigenvalue weighted by Gasteiger charge is -2.44. The van der Waals surface area contributed by atoms with Crippen LogP contribution in [0.3, 0.4) is 0 Å². The van der Waals surface area contributed by atoms with Gasteiger partial charge in [-0.25, -0.2) is 0 Å². The largest absolute Gasteiger partial charge is 0.314 e. The van der Waals surface area contributed by atoms with Crippen LogP contribution in [0.1, 0.15) is 66.0 Å². The van der Waals surface area contributed by atoms with Gasteiger partial charge in [0.25, 0.3) is 0 Å². The van der Waals surface area contributed by atoms with Crippen LogP contribution in [0.2, 0.25) is 0 Å². The monoisotopic (exact) mass is 291 g/mol. The highest BCUT2D eigenvalue weighted by Gasteiger charge is 2.41. The highest BCUT2D eigenvalue weighted by Crippen LogP contribution is 2.42. The second-order valence-corrected chi connectivity index (χ2v) is 7.35. The number of nitrogens with one attached hydrogen (secondary N) is 1. The second-order valence-electron chi connectivity index (χ2n) is 7.35. The van der Waals surface area contributed by atoms with E-state index in [0.29, 0.717) is 12.0 Å². The van der Waals surface area contributed by atoms with E-state index in [1.54, 1.807) is 0 Å². The van der Waals surface area contributed by atoms with Gasteiger partial charge in [-0.05, 0) is 43.7 Å². The molecule has 0 aliphatic heterocycles. The van der Waals surface area contributed by atoms with Gasteiger partial charge in [0.05, 0.1) is 0 Å². The zero-order chi connectivity index (χ0) is 15.5. The van der Waals surface area contributed by atoms with Gasteiger partial charge in [-0.3, -0.25) is 4.68 Å². The summed E-state index contributed by atoms with van der Waals surface area (Å²) in [7, 11) is 0. The first kappa shape index (κ1) is 16.5. The molecule has 1 heterocycles. The Morgan fingerprint density at radius 1 is 1.33 bits per heavy atom. The zero-order valence-electron chi connectivity index (χ0n) is 14.5. The molecule has 0 saturated heterocycles. The molecule has 1 aliphatic rings. The fraction of sp³-hybridized carbons (Fsp3) is 0.833. The number of aromatic nitrogens is 2. The highest BCUT2D eigenvalue weighted by atomic mass is 15.3. The summed E-state index contributed by atoms with van der Waals surface area (Å²) in [4.78, 5) is 0. The molecule has 2 rings (SSSR count). The van der Waals surface area contributed by atoms with Gasteiger partial charge in [0.2, 0.25) is 0 Å². The Labute approximate surface area is 130 Å². The summed E-state index contributed by atoms with van der Waals surface area (Å²) in [6, 6.07) is 2.87. The molecule has 1 saturated carbocycles. The van der Waals surface area contributed by atoms with Crippen LogP contribution >= 0.6 is 0 Å². The molecule has 1 N–H and O–H groups in total. The van der Waals surface area contributed by atoms with Crippen LogP contribution in [0, 0.1) is 11.8 Å². The third kappa shape index (κ3) is 3.50. The molecule has 1 fully saturated rings. The van der Waals surface area contributed by atoms with Crippen molar-refractivity contribution >= 4 is 0 Å². The topological polar surface area (TPSA) is 29.9 Å². The van der Waals surface area contributed by atoms with Gasteiger partial charge in [-0.2, -0.15) is 5.10 Å². The van der Waals surface area contributed by atoms with E-state index in [9.17, 15) is 0 Å².